The first-order valence-corrected chi connectivity index (χ1v) is 5.00. The minimum atomic E-state index is 0.566. The van der Waals surface area contributed by atoms with Crippen LogP contribution in [0.3, 0.4) is 0 Å². The Labute approximate surface area is 90.3 Å². The molecule has 0 amide bonds. The van der Waals surface area contributed by atoms with Gasteiger partial charge in [-0.2, -0.15) is 0 Å². The van der Waals surface area contributed by atoms with Crippen LogP contribution < -0.4 is 0 Å². The molecule has 0 atom stereocenters. The average molecular weight is 201 g/mol. The molecule has 1 aromatic heterocycles. The lowest BCUT2D eigenvalue weighted by Gasteiger charge is -1.94. The molecule has 78 valence electrons. The van der Waals surface area contributed by atoms with Crippen LogP contribution >= 0.6 is 0 Å². The molecule has 0 bridgehead atoms. The van der Waals surface area contributed by atoms with Crippen molar-refractivity contribution in [1.29, 1.82) is 0 Å². The quantitative estimate of drug-likeness (QED) is 0.704. The first-order valence-electron chi connectivity index (χ1n) is 5.00. The van der Waals surface area contributed by atoms with Crippen LogP contribution in [0.1, 0.15) is 17.5 Å². The lowest BCUT2D eigenvalue weighted by molar-refractivity contribution is -0.107. The van der Waals surface area contributed by atoms with Crippen molar-refractivity contribution in [3.05, 3.63) is 53.9 Å². The van der Waals surface area contributed by atoms with E-state index in [9.17, 15) is 4.79 Å². The lowest BCUT2D eigenvalue weighted by Crippen LogP contribution is -1.84. The third-order valence-corrected chi connectivity index (χ3v) is 1.98. The number of hydrogen-bond donors (Lipinski definition) is 0. The zero-order valence-corrected chi connectivity index (χ0v) is 8.89. The Morgan fingerprint density at radius 3 is 2.73 bits per heavy atom. The van der Waals surface area contributed by atoms with Gasteiger partial charge in [-0.3, -0.25) is 4.98 Å². The molecule has 1 heterocycles. The van der Waals surface area contributed by atoms with E-state index in [2.05, 4.69) is 11.1 Å². The Kier molecular flexibility index (Phi) is 5.09. The van der Waals surface area contributed by atoms with Crippen molar-refractivity contribution in [3.8, 4) is 0 Å². The van der Waals surface area contributed by atoms with Crippen LogP contribution in [0.25, 0.3) is 0 Å². The average Bonchev–Trinajstić information content (AvgIpc) is 2.24. The zero-order valence-electron chi connectivity index (χ0n) is 8.89. The summed E-state index contributed by atoms with van der Waals surface area (Å²) in [4.78, 5) is 14.4. The normalized spacial score (nSPS) is 9.13. The number of aldehydes is 1. The third kappa shape index (κ3) is 4.91. The van der Waals surface area contributed by atoms with E-state index in [-0.39, 0.29) is 0 Å². The van der Waals surface area contributed by atoms with Crippen LogP contribution in [0.4, 0.5) is 0 Å². The molecule has 0 N–H and O–H groups in total. The minimum Gasteiger partial charge on any atom is -0.303 e. The number of nitrogens with zero attached hydrogens (tertiary/aromatic N) is 1. The topological polar surface area (TPSA) is 30.0 Å². The van der Waals surface area contributed by atoms with Gasteiger partial charge in [0.25, 0.3) is 0 Å². The fourth-order valence-corrected chi connectivity index (χ4v) is 1.28. The summed E-state index contributed by atoms with van der Waals surface area (Å²) >= 11 is 0. The lowest BCUT2D eigenvalue weighted by atomic mass is 10.1. The van der Waals surface area contributed by atoms with Gasteiger partial charge in [-0.05, 0) is 31.0 Å². The second-order valence-corrected chi connectivity index (χ2v) is 3.33. The van der Waals surface area contributed by atoms with E-state index in [1.54, 1.807) is 12.4 Å². The van der Waals surface area contributed by atoms with Gasteiger partial charge in [-0.25, -0.2) is 0 Å². The number of hydrogen-bond acceptors (Lipinski definition) is 2. The maximum atomic E-state index is 10.3. The minimum absolute atomic E-state index is 0.566. The molecular formula is C13H15NO. The van der Waals surface area contributed by atoms with E-state index in [1.807, 2.05) is 31.2 Å². The van der Waals surface area contributed by atoms with E-state index < -0.39 is 0 Å². The Balaban J connectivity index is 3.04. The Bertz CT molecular complexity index is 373. The standard InChI is InChI=1S/C13H15NO/c1-12-5-2-8-14-9-3-6-13(11-12)7-4-10-15/h2-3,5-6,8-11H,4,7H2,1H3. The fourth-order valence-electron chi connectivity index (χ4n) is 1.28. The van der Waals surface area contributed by atoms with Gasteiger partial charge in [-0.15, -0.1) is 0 Å². The number of rotatable bonds is 3. The Hall–Kier alpha value is -1.70. The maximum absolute atomic E-state index is 10.3. The number of carbonyl (C=O) groups is 1. The molecule has 0 aliphatic rings. The van der Waals surface area contributed by atoms with Crippen LogP contribution in [0.5, 0.6) is 0 Å². The maximum Gasteiger partial charge on any atom is 0.120 e. The van der Waals surface area contributed by atoms with Gasteiger partial charge < -0.3 is 4.79 Å². The molecule has 2 heteroatoms. The summed E-state index contributed by atoms with van der Waals surface area (Å²) in [6.07, 6.45) is 5.78. The van der Waals surface area contributed by atoms with E-state index in [4.69, 9.17) is 0 Å². The fraction of sp³-hybridized carbons (Fsp3) is 0.231. The van der Waals surface area contributed by atoms with Gasteiger partial charge in [0.15, 0.2) is 0 Å². The highest BCUT2D eigenvalue weighted by molar-refractivity contribution is 5.50. The number of aryl methyl sites for hydroxylation is 2. The van der Waals surface area contributed by atoms with Gasteiger partial charge in [0.2, 0.25) is 0 Å². The number of carbonyl (C=O) groups excluding carboxylic acids is 1. The SMILES string of the molecule is Cc1cccncccc(CCC=O)c1. The highest BCUT2D eigenvalue weighted by Crippen LogP contribution is 2.01. The Morgan fingerprint density at radius 1 is 1.27 bits per heavy atom. The molecule has 0 aliphatic heterocycles. The van der Waals surface area contributed by atoms with Crippen molar-refractivity contribution < 1.29 is 4.79 Å². The molecule has 0 saturated carbocycles. The summed E-state index contributed by atoms with van der Waals surface area (Å²) < 4.78 is 0. The van der Waals surface area contributed by atoms with Gasteiger partial charge in [0, 0.05) is 18.8 Å². The van der Waals surface area contributed by atoms with Crippen molar-refractivity contribution >= 4 is 6.29 Å². The second-order valence-electron chi connectivity index (χ2n) is 3.33. The third-order valence-electron chi connectivity index (χ3n) is 1.98. The molecule has 0 aliphatic carbocycles. The zero-order chi connectivity index (χ0) is 10.9. The van der Waals surface area contributed by atoms with Crippen molar-refractivity contribution in [2.75, 3.05) is 0 Å². The predicted octanol–water partition coefficient (Wildman–Crippen LogP) is 2.65. The largest absolute Gasteiger partial charge is 0.303 e. The number of aromatic nitrogens is 1. The summed E-state index contributed by atoms with van der Waals surface area (Å²) in [5.41, 5.74) is 2.31. The summed E-state index contributed by atoms with van der Waals surface area (Å²) in [6, 6.07) is 9.86. The van der Waals surface area contributed by atoms with Gasteiger partial charge in [0.05, 0.1) is 0 Å². The molecule has 0 fully saturated rings. The second kappa shape index (κ2) is 6.71. The predicted molar refractivity (Wildman–Crippen MR) is 61.0 cm³/mol. The summed E-state index contributed by atoms with van der Waals surface area (Å²) in [7, 11) is 0. The molecule has 0 unspecified atom stereocenters. The first-order chi connectivity index (χ1) is 7.33. The molecule has 2 nitrogen and oxygen atoms in total. The van der Waals surface area contributed by atoms with Crippen LogP contribution in [-0.4, -0.2) is 11.3 Å². The Morgan fingerprint density at radius 2 is 2.00 bits per heavy atom. The van der Waals surface area contributed by atoms with Crippen molar-refractivity contribution in [1.82, 2.24) is 4.98 Å². The highest BCUT2D eigenvalue weighted by atomic mass is 16.1. The molecular weight excluding hydrogens is 186 g/mol. The van der Waals surface area contributed by atoms with Crippen molar-refractivity contribution in [2.45, 2.75) is 19.8 Å². The highest BCUT2D eigenvalue weighted by Gasteiger charge is 1.89. The van der Waals surface area contributed by atoms with Crippen LogP contribution in [-0.2, 0) is 11.2 Å². The summed E-state index contributed by atoms with van der Waals surface area (Å²) in [5, 5.41) is 0. The van der Waals surface area contributed by atoms with Crippen molar-refractivity contribution in [3.63, 3.8) is 0 Å². The van der Waals surface area contributed by atoms with Crippen LogP contribution in [0, 0.1) is 6.92 Å². The van der Waals surface area contributed by atoms with Gasteiger partial charge in [0.1, 0.15) is 6.29 Å². The van der Waals surface area contributed by atoms with Gasteiger partial charge >= 0.3 is 0 Å². The first kappa shape index (κ1) is 11.4. The molecule has 1 aromatic rings. The van der Waals surface area contributed by atoms with E-state index in [1.165, 1.54) is 0 Å². The van der Waals surface area contributed by atoms with E-state index >= 15 is 0 Å². The van der Waals surface area contributed by atoms with Crippen molar-refractivity contribution in [2.24, 2.45) is 0 Å². The van der Waals surface area contributed by atoms with Crippen LogP contribution in [0.15, 0.2) is 42.7 Å². The molecule has 0 aromatic carbocycles. The molecule has 0 saturated heterocycles. The summed E-state index contributed by atoms with van der Waals surface area (Å²) in [6.45, 7) is 2.03. The molecule has 0 radical (unpaired) electrons. The van der Waals surface area contributed by atoms with E-state index in [0.717, 1.165) is 23.8 Å². The molecule has 0 spiro atoms. The van der Waals surface area contributed by atoms with Crippen LogP contribution in [0.2, 0.25) is 0 Å². The van der Waals surface area contributed by atoms with E-state index in [0.29, 0.717) is 6.42 Å². The molecule has 15 heavy (non-hydrogen) atoms. The molecule has 1 rings (SSSR count). The monoisotopic (exact) mass is 201 g/mol. The smallest absolute Gasteiger partial charge is 0.120 e. The summed E-state index contributed by atoms with van der Waals surface area (Å²) in [5.74, 6) is 0. The van der Waals surface area contributed by atoms with Gasteiger partial charge in [-0.1, -0.05) is 23.8 Å².